The van der Waals surface area contributed by atoms with Crippen LogP contribution in [0.5, 0.6) is 0 Å². The maximum atomic E-state index is 12.9. The molecule has 1 aliphatic heterocycles. The first-order chi connectivity index (χ1) is 15.4. The van der Waals surface area contributed by atoms with Gasteiger partial charge in [-0.15, -0.1) is 0 Å². The molecule has 164 valence electrons. The van der Waals surface area contributed by atoms with Gasteiger partial charge in [0.2, 0.25) is 0 Å². The van der Waals surface area contributed by atoms with Crippen LogP contribution in [0.2, 0.25) is 0 Å². The molecule has 3 aromatic rings. The van der Waals surface area contributed by atoms with Gasteiger partial charge in [-0.05, 0) is 39.7 Å². The van der Waals surface area contributed by atoms with E-state index in [1.165, 1.54) is 0 Å². The lowest BCUT2D eigenvalue weighted by Crippen LogP contribution is -2.36. The molecular formula is C28H30N2O2. The van der Waals surface area contributed by atoms with Gasteiger partial charge in [0.15, 0.2) is 0 Å². The minimum absolute atomic E-state index is 0.0439. The fourth-order valence-corrected chi connectivity index (χ4v) is 4.11. The van der Waals surface area contributed by atoms with Crippen LogP contribution >= 0.6 is 0 Å². The lowest BCUT2D eigenvalue weighted by atomic mass is 10.00. The Labute approximate surface area is 190 Å². The van der Waals surface area contributed by atoms with Gasteiger partial charge in [-0.2, -0.15) is 0 Å². The molecule has 1 heterocycles. The van der Waals surface area contributed by atoms with Gasteiger partial charge < -0.3 is 9.64 Å². The predicted octanol–water partition coefficient (Wildman–Crippen LogP) is 6.93. The van der Waals surface area contributed by atoms with Crippen molar-refractivity contribution in [2.45, 2.75) is 45.3 Å². The second-order valence-corrected chi connectivity index (χ2v) is 9.08. The highest BCUT2D eigenvalue weighted by Crippen LogP contribution is 2.38. The molecule has 0 bridgehead atoms. The van der Waals surface area contributed by atoms with Gasteiger partial charge in [0.25, 0.3) is 0 Å². The van der Waals surface area contributed by atoms with Crippen molar-refractivity contribution in [1.82, 2.24) is 4.90 Å². The highest BCUT2D eigenvalue weighted by molar-refractivity contribution is 6.14. The summed E-state index contributed by atoms with van der Waals surface area (Å²) in [5.74, 6) is 0. The van der Waals surface area contributed by atoms with Crippen molar-refractivity contribution in [1.29, 1.82) is 0 Å². The Morgan fingerprint density at radius 1 is 0.875 bits per heavy atom. The molecule has 1 atom stereocenters. The molecule has 32 heavy (non-hydrogen) atoms. The van der Waals surface area contributed by atoms with Gasteiger partial charge in [-0.1, -0.05) is 78.9 Å². The van der Waals surface area contributed by atoms with Crippen molar-refractivity contribution < 1.29 is 9.53 Å². The first kappa shape index (κ1) is 21.8. The summed E-state index contributed by atoms with van der Waals surface area (Å²) < 4.78 is 5.68. The number of para-hydroxylation sites is 1. The summed E-state index contributed by atoms with van der Waals surface area (Å²) in [6.07, 6.45) is 1.59. The van der Waals surface area contributed by atoms with E-state index in [0.29, 0.717) is 6.54 Å². The molecule has 1 fully saturated rings. The third-order valence-electron chi connectivity index (χ3n) is 5.50. The van der Waals surface area contributed by atoms with Gasteiger partial charge in [-0.3, -0.25) is 0 Å². The van der Waals surface area contributed by atoms with E-state index in [-0.39, 0.29) is 12.1 Å². The number of hydrogen-bond donors (Lipinski definition) is 0. The summed E-state index contributed by atoms with van der Waals surface area (Å²) in [5, 5.41) is 0. The van der Waals surface area contributed by atoms with Crippen molar-refractivity contribution in [3.05, 3.63) is 102 Å². The van der Waals surface area contributed by atoms with Crippen LogP contribution in [0.3, 0.4) is 0 Å². The summed E-state index contributed by atoms with van der Waals surface area (Å²) in [6.45, 7) is 6.41. The van der Waals surface area contributed by atoms with E-state index in [4.69, 9.17) is 9.73 Å². The van der Waals surface area contributed by atoms with E-state index >= 15 is 0 Å². The summed E-state index contributed by atoms with van der Waals surface area (Å²) in [7, 11) is 0. The van der Waals surface area contributed by atoms with Gasteiger partial charge in [0, 0.05) is 23.2 Å². The zero-order chi connectivity index (χ0) is 22.6. The molecule has 1 unspecified atom stereocenters. The van der Waals surface area contributed by atoms with Crippen LogP contribution in [-0.2, 0) is 4.74 Å². The van der Waals surface area contributed by atoms with Crippen LogP contribution in [0.1, 0.15) is 56.3 Å². The summed E-state index contributed by atoms with van der Waals surface area (Å²) in [5.41, 5.74) is 4.46. The average molecular weight is 427 g/mol. The van der Waals surface area contributed by atoms with E-state index in [0.717, 1.165) is 40.9 Å². The van der Waals surface area contributed by atoms with E-state index in [1.807, 2.05) is 80.3 Å². The molecule has 0 N–H and O–H groups in total. The molecule has 1 amide bonds. The Morgan fingerprint density at radius 2 is 1.44 bits per heavy atom. The number of hydrogen-bond acceptors (Lipinski definition) is 3. The maximum Gasteiger partial charge on any atom is 0.410 e. The Hall–Kier alpha value is -3.40. The first-order valence-electron chi connectivity index (χ1n) is 11.2. The number of likely N-dealkylation sites (tertiary alicyclic amines) is 1. The molecule has 0 radical (unpaired) electrons. The van der Waals surface area contributed by atoms with E-state index in [9.17, 15) is 4.79 Å². The number of rotatable bonds is 4. The molecule has 3 aromatic carbocycles. The van der Waals surface area contributed by atoms with Crippen molar-refractivity contribution in [2.75, 3.05) is 6.54 Å². The van der Waals surface area contributed by atoms with Crippen LogP contribution in [0, 0.1) is 0 Å². The Morgan fingerprint density at radius 3 is 2.03 bits per heavy atom. The second kappa shape index (κ2) is 9.39. The van der Waals surface area contributed by atoms with Gasteiger partial charge in [0.1, 0.15) is 5.60 Å². The smallest absolute Gasteiger partial charge is 0.410 e. The predicted molar refractivity (Wildman–Crippen MR) is 130 cm³/mol. The molecule has 4 nitrogen and oxygen atoms in total. The Balaban J connectivity index is 1.75. The van der Waals surface area contributed by atoms with Crippen LogP contribution < -0.4 is 0 Å². The number of carbonyl (C=O) groups is 1. The number of nitrogens with zero attached hydrogens (tertiary/aromatic N) is 2. The number of aliphatic imine (C=N–C) groups is 1. The zero-order valence-corrected chi connectivity index (χ0v) is 19.0. The van der Waals surface area contributed by atoms with Crippen molar-refractivity contribution in [3.8, 4) is 0 Å². The lowest BCUT2D eigenvalue weighted by molar-refractivity contribution is 0.0225. The minimum atomic E-state index is -0.518. The molecule has 4 heteroatoms. The van der Waals surface area contributed by atoms with E-state index < -0.39 is 5.60 Å². The second-order valence-electron chi connectivity index (χ2n) is 9.08. The summed E-state index contributed by atoms with van der Waals surface area (Å²) >= 11 is 0. The average Bonchev–Trinajstić information content (AvgIpc) is 3.28. The molecule has 0 aliphatic carbocycles. The third kappa shape index (κ3) is 5.08. The number of benzene rings is 3. The van der Waals surface area contributed by atoms with Crippen molar-refractivity contribution in [2.24, 2.45) is 4.99 Å². The number of carbonyl (C=O) groups excluding carboxylic acids is 1. The highest BCUT2D eigenvalue weighted by atomic mass is 16.6. The summed E-state index contributed by atoms with van der Waals surface area (Å²) in [4.78, 5) is 19.9. The van der Waals surface area contributed by atoms with Crippen molar-refractivity contribution >= 4 is 17.5 Å². The molecule has 4 rings (SSSR count). The van der Waals surface area contributed by atoms with Crippen LogP contribution in [-0.4, -0.2) is 28.9 Å². The van der Waals surface area contributed by atoms with Gasteiger partial charge >= 0.3 is 6.09 Å². The van der Waals surface area contributed by atoms with Crippen LogP contribution in [0.4, 0.5) is 10.5 Å². The first-order valence-corrected chi connectivity index (χ1v) is 11.2. The SMILES string of the molecule is CC(C)(C)OC(=O)N1CCCC1c1ccccc1N=C(c1ccccc1)c1ccccc1. The Kier molecular flexibility index (Phi) is 6.40. The van der Waals surface area contributed by atoms with E-state index in [1.54, 1.807) is 0 Å². The quantitative estimate of drug-likeness (QED) is 0.425. The molecule has 0 saturated carbocycles. The Bertz CT molecular complexity index is 1040. The van der Waals surface area contributed by atoms with Gasteiger partial charge in [-0.25, -0.2) is 9.79 Å². The largest absolute Gasteiger partial charge is 0.444 e. The molecule has 1 saturated heterocycles. The normalized spacial score (nSPS) is 16.0. The number of ether oxygens (including phenoxy) is 1. The van der Waals surface area contributed by atoms with Gasteiger partial charge in [0.05, 0.1) is 17.4 Å². The fraction of sp³-hybridized carbons (Fsp3) is 0.286. The monoisotopic (exact) mass is 426 g/mol. The molecule has 0 aromatic heterocycles. The zero-order valence-electron chi connectivity index (χ0n) is 19.0. The third-order valence-corrected chi connectivity index (χ3v) is 5.50. The van der Waals surface area contributed by atoms with Crippen LogP contribution in [0.15, 0.2) is 89.9 Å². The lowest BCUT2D eigenvalue weighted by Gasteiger charge is -2.29. The molecular weight excluding hydrogens is 396 g/mol. The summed E-state index contributed by atoms with van der Waals surface area (Å²) in [6, 6.07) is 28.6. The fourth-order valence-electron chi connectivity index (χ4n) is 4.11. The molecule has 0 spiro atoms. The number of amides is 1. The van der Waals surface area contributed by atoms with Crippen LogP contribution in [0.25, 0.3) is 0 Å². The maximum absolute atomic E-state index is 12.9. The minimum Gasteiger partial charge on any atom is -0.444 e. The van der Waals surface area contributed by atoms with Crippen molar-refractivity contribution in [3.63, 3.8) is 0 Å². The van der Waals surface area contributed by atoms with E-state index in [2.05, 4.69) is 30.3 Å². The standard InChI is InChI=1S/C28H30N2O2/c1-28(2,3)32-27(31)30-20-12-19-25(30)23-17-10-11-18-24(23)29-26(21-13-6-4-7-14-21)22-15-8-5-9-16-22/h4-11,13-18,25H,12,19-20H2,1-3H3. The topological polar surface area (TPSA) is 41.9 Å². The highest BCUT2D eigenvalue weighted by Gasteiger charge is 2.34. The molecule has 1 aliphatic rings.